The van der Waals surface area contributed by atoms with Crippen molar-refractivity contribution in [1.82, 2.24) is 4.98 Å². The van der Waals surface area contributed by atoms with Crippen molar-refractivity contribution in [2.75, 3.05) is 44.4 Å². The standard InChI is InChI=1S/C17H21ClN2O5/c1-3-24-16(21)13(17(22)25-4-2)10-14-15(9-12(18)11-19-14)20-5-7-23-8-6-20/h9-11H,3-8H2,1-2H3. The average molecular weight is 369 g/mol. The maximum absolute atomic E-state index is 12.1. The van der Waals surface area contributed by atoms with E-state index in [1.807, 2.05) is 4.90 Å². The number of nitrogens with zero attached hydrogens (tertiary/aromatic N) is 2. The predicted molar refractivity (Wildman–Crippen MR) is 93.5 cm³/mol. The minimum absolute atomic E-state index is 0.153. The molecule has 8 heteroatoms. The van der Waals surface area contributed by atoms with Gasteiger partial charge >= 0.3 is 11.9 Å². The largest absolute Gasteiger partial charge is 0.462 e. The van der Waals surface area contributed by atoms with E-state index in [4.69, 9.17) is 25.8 Å². The Morgan fingerprint density at radius 1 is 1.24 bits per heavy atom. The Morgan fingerprint density at radius 2 is 1.84 bits per heavy atom. The van der Waals surface area contributed by atoms with Crippen LogP contribution in [-0.2, 0) is 23.8 Å². The van der Waals surface area contributed by atoms with Gasteiger partial charge in [-0.1, -0.05) is 11.6 Å². The minimum Gasteiger partial charge on any atom is -0.462 e. The lowest BCUT2D eigenvalue weighted by Crippen LogP contribution is -2.36. The van der Waals surface area contributed by atoms with E-state index >= 15 is 0 Å². The van der Waals surface area contributed by atoms with Gasteiger partial charge in [0.1, 0.15) is 5.57 Å². The number of hydrogen-bond donors (Lipinski definition) is 0. The van der Waals surface area contributed by atoms with E-state index in [-0.39, 0.29) is 18.8 Å². The molecule has 0 atom stereocenters. The van der Waals surface area contributed by atoms with Gasteiger partial charge < -0.3 is 19.1 Å². The normalized spacial score (nSPS) is 14.0. The monoisotopic (exact) mass is 368 g/mol. The van der Waals surface area contributed by atoms with Crippen LogP contribution in [0.3, 0.4) is 0 Å². The molecular formula is C17H21ClN2O5. The zero-order valence-corrected chi connectivity index (χ0v) is 15.0. The number of carbonyl (C=O) groups is 2. The van der Waals surface area contributed by atoms with Gasteiger partial charge in [-0.2, -0.15) is 0 Å². The Kier molecular flexibility index (Phi) is 7.21. The van der Waals surface area contributed by atoms with E-state index in [1.165, 1.54) is 12.3 Å². The van der Waals surface area contributed by atoms with Crippen LogP contribution >= 0.6 is 11.6 Å². The summed E-state index contributed by atoms with van der Waals surface area (Å²) in [6, 6.07) is 1.75. The zero-order chi connectivity index (χ0) is 18.2. The molecule has 136 valence electrons. The summed E-state index contributed by atoms with van der Waals surface area (Å²) in [5, 5.41) is 0.465. The van der Waals surface area contributed by atoms with Crippen LogP contribution in [0.25, 0.3) is 6.08 Å². The number of rotatable bonds is 6. The molecule has 0 saturated carbocycles. The first-order valence-electron chi connectivity index (χ1n) is 8.11. The third kappa shape index (κ3) is 5.17. The van der Waals surface area contributed by atoms with E-state index in [0.717, 1.165) is 5.69 Å². The molecule has 0 N–H and O–H groups in total. The molecule has 1 saturated heterocycles. The maximum Gasteiger partial charge on any atom is 0.345 e. The van der Waals surface area contributed by atoms with Crippen LogP contribution < -0.4 is 4.90 Å². The topological polar surface area (TPSA) is 78.0 Å². The summed E-state index contributed by atoms with van der Waals surface area (Å²) in [6.07, 6.45) is 2.85. The van der Waals surface area contributed by atoms with Gasteiger partial charge in [-0.25, -0.2) is 9.59 Å². The lowest BCUT2D eigenvalue weighted by molar-refractivity contribution is -0.146. The first kappa shape index (κ1) is 19.2. The highest BCUT2D eigenvalue weighted by molar-refractivity contribution is 6.30. The first-order valence-corrected chi connectivity index (χ1v) is 8.48. The lowest BCUT2D eigenvalue weighted by atomic mass is 10.1. The molecule has 0 bridgehead atoms. The molecule has 0 unspecified atom stereocenters. The molecular weight excluding hydrogens is 348 g/mol. The average Bonchev–Trinajstić information content (AvgIpc) is 2.61. The number of ether oxygens (including phenoxy) is 3. The Hall–Kier alpha value is -2.12. The molecule has 0 aliphatic carbocycles. The minimum atomic E-state index is -0.745. The van der Waals surface area contributed by atoms with Crippen LogP contribution in [0.1, 0.15) is 19.5 Å². The third-order valence-electron chi connectivity index (χ3n) is 3.49. The Bertz CT molecular complexity index is 636. The van der Waals surface area contributed by atoms with Crippen LogP contribution in [0.4, 0.5) is 5.69 Å². The molecule has 2 rings (SSSR count). The smallest absolute Gasteiger partial charge is 0.345 e. The zero-order valence-electron chi connectivity index (χ0n) is 14.3. The summed E-state index contributed by atoms with van der Waals surface area (Å²) >= 11 is 6.07. The number of carbonyl (C=O) groups excluding carboxylic acids is 2. The molecule has 0 spiro atoms. The van der Waals surface area contributed by atoms with Gasteiger partial charge in [0.2, 0.25) is 0 Å². The second kappa shape index (κ2) is 9.39. The number of morpholine rings is 1. The SMILES string of the molecule is CCOC(=O)C(=Cc1ncc(Cl)cc1N1CCOCC1)C(=O)OCC. The number of aromatic nitrogens is 1. The van der Waals surface area contributed by atoms with Crippen molar-refractivity contribution in [3.05, 3.63) is 28.6 Å². The second-order valence-corrected chi connectivity index (χ2v) is 5.59. The molecule has 1 aliphatic rings. The quantitative estimate of drug-likeness (QED) is 0.329. The van der Waals surface area contributed by atoms with Crippen molar-refractivity contribution < 1.29 is 23.8 Å². The number of halogens is 1. The number of pyridine rings is 1. The summed E-state index contributed by atoms with van der Waals surface area (Å²) in [5.41, 5.74) is 0.970. The van der Waals surface area contributed by atoms with Crippen molar-refractivity contribution in [2.24, 2.45) is 0 Å². The molecule has 1 aromatic heterocycles. The molecule has 7 nitrogen and oxygen atoms in total. The third-order valence-corrected chi connectivity index (χ3v) is 3.69. The highest BCUT2D eigenvalue weighted by Crippen LogP contribution is 2.26. The fourth-order valence-corrected chi connectivity index (χ4v) is 2.52. The number of esters is 2. The van der Waals surface area contributed by atoms with E-state index in [0.29, 0.717) is 37.0 Å². The van der Waals surface area contributed by atoms with E-state index in [2.05, 4.69) is 4.98 Å². The first-order chi connectivity index (χ1) is 12.1. The molecule has 0 amide bonds. The van der Waals surface area contributed by atoms with Crippen LogP contribution in [-0.4, -0.2) is 56.4 Å². The molecule has 0 radical (unpaired) electrons. The molecule has 1 aromatic rings. The highest BCUT2D eigenvalue weighted by Gasteiger charge is 2.23. The van der Waals surface area contributed by atoms with Crippen LogP contribution in [0.2, 0.25) is 5.02 Å². The number of anilines is 1. The van der Waals surface area contributed by atoms with Crippen molar-refractivity contribution in [3.8, 4) is 0 Å². The summed E-state index contributed by atoms with van der Waals surface area (Å²) < 4.78 is 15.3. The summed E-state index contributed by atoms with van der Waals surface area (Å²) in [7, 11) is 0. The summed E-state index contributed by atoms with van der Waals surface area (Å²) in [4.78, 5) is 30.6. The van der Waals surface area contributed by atoms with Crippen molar-refractivity contribution in [2.45, 2.75) is 13.8 Å². The Morgan fingerprint density at radius 3 is 2.40 bits per heavy atom. The van der Waals surface area contributed by atoms with Gasteiger partial charge in [0.25, 0.3) is 0 Å². The molecule has 1 aliphatic heterocycles. The second-order valence-electron chi connectivity index (χ2n) is 5.16. The Labute approximate surface area is 151 Å². The van der Waals surface area contributed by atoms with Crippen LogP contribution in [0, 0.1) is 0 Å². The van der Waals surface area contributed by atoms with E-state index in [1.54, 1.807) is 19.9 Å². The van der Waals surface area contributed by atoms with Gasteiger partial charge in [0.15, 0.2) is 0 Å². The molecule has 0 aromatic carbocycles. The van der Waals surface area contributed by atoms with Gasteiger partial charge in [0.05, 0.1) is 42.8 Å². The van der Waals surface area contributed by atoms with Crippen LogP contribution in [0.15, 0.2) is 17.8 Å². The highest BCUT2D eigenvalue weighted by atomic mass is 35.5. The lowest BCUT2D eigenvalue weighted by Gasteiger charge is -2.29. The van der Waals surface area contributed by atoms with Gasteiger partial charge in [0, 0.05) is 19.3 Å². The van der Waals surface area contributed by atoms with E-state index in [9.17, 15) is 9.59 Å². The van der Waals surface area contributed by atoms with Gasteiger partial charge in [-0.05, 0) is 26.0 Å². The van der Waals surface area contributed by atoms with Crippen LogP contribution in [0.5, 0.6) is 0 Å². The summed E-state index contributed by atoms with van der Waals surface area (Å²) in [6.45, 7) is 6.13. The summed E-state index contributed by atoms with van der Waals surface area (Å²) in [5.74, 6) is -1.49. The Balaban J connectivity index is 2.43. The molecule has 25 heavy (non-hydrogen) atoms. The van der Waals surface area contributed by atoms with Gasteiger partial charge in [-0.15, -0.1) is 0 Å². The number of hydrogen-bond acceptors (Lipinski definition) is 7. The van der Waals surface area contributed by atoms with Crippen molar-refractivity contribution in [3.63, 3.8) is 0 Å². The fourth-order valence-electron chi connectivity index (χ4n) is 2.36. The maximum atomic E-state index is 12.1. The van der Waals surface area contributed by atoms with Crippen molar-refractivity contribution in [1.29, 1.82) is 0 Å². The predicted octanol–water partition coefficient (Wildman–Crippen LogP) is 2.08. The van der Waals surface area contributed by atoms with Gasteiger partial charge in [-0.3, -0.25) is 4.98 Å². The molecule has 1 fully saturated rings. The van der Waals surface area contributed by atoms with Crippen molar-refractivity contribution >= 4 is 35.3 Å². The molecule has 2 heterocycles. The fraction of sp³-hybridized carbons (Fsp3) is 0.471. The van der Waals surface area contributed by atoms with E-state index < -0.39 is 11.9 Å².